The highest BCUT2D eigenvalue weighted by molar-refractivity contribution is 5.82. The second-order valence-corrected chi connectivity index (χ2v) is 6.90. The summed E-state index contributed by atoms with van der Waals surface area (Å²) in [7, 11) is 0. The highest BCUT2D eigenvalue weighted by atomic mass is 16.4. The molecule has 0 radical (unpaired) electrons. The maximum absolute atomic E-state index is 10.8. The molecule has 0 spiro atoms. The quantitative estimate of drug-likeness (QED) is 0.691. The number of carbonyl (C=O) groups is 2. The van der Waals surface area contributed by atoms with Gasteiger partial charge in [-0.3, -0.25) is 9.59 Å². The van der Waals surface area contributed by atoms with Gasteiger partial charge < -0.3 is 15.3 Å². The van der Waals surface area contributed by atoms with Gasteiger partial charge in [0.2, 0.25) is 0 Å². The molecule has 4 rings (SSSR count). The average Bonchev–Trinajstić information content (AvgIpc) is 3.25. The first-order chi connectivity index (χ1) is 10.5. The number of hydrogen-bond donors (Lipinski definition) is 3. The predicted molar refractivity (Wildman–Crippen MR) is 78.9 cm³/mol. The third kappa shape index (κ3) is 2.58. The zero-order chi connectivity index (χ0) is 15.9. The summed E-state index contributed by atoms with van der Waals surface area (Å²) in [5.41, 5.74) is 0. The first-order valence-corrected chi connectivity index (χ1v) is 7.94. The van der Waals surface area contributed by atoms with E-state index in [9.17, 15) is 9.59 Å². The van der Waals surface area contributed by atoms with Crippen LogP contribution in [0.3, 0.4) is 0 Å². The number of aliphatic hydroxyl groups is 1. The molecule has 2 saturated carbocycles. The fourth-order valence-corrected chi connectivity index (χ4v) is 4.60. The SMILES string of the molecule is O=C(O)C1C2C=CC(C2)C1C(=O)O.OCC1CC2C=CC1C2. The van der Waals surface area contributed by atoms with Gasteiger partial charge in [0, 0.05) is 6.61 Å². The van der Waals surface area contributed by atoms with Crippen LogP contribution in [0.1, 0.15) is 19.3 Å². The Balaban J connectivity index is 0.000000139. The van der Waals surface area contributed by atoms with Gasteiger partial charge in [0.1, 0.15) is 0 Å². The van der Waals surface area contributed by atoms with Crippen molar-refractivity contribution in [3.05, 3.63) is 24.3 Å². The van der Waals surface area contributed by atoms with E-state index in [1.54, 1.807) is 0 Å². The number of carboxylic acid groups (broad SMARTS) is 2. The number of aliphatic carboxylic acids is 2. The first kappa shape index (κ1) is 15.3. The van der Waals surface area contributed by atoms with Crippen LogP contribution in [-0.2, 0) is 9.59 Å². The predicted octanol–water partition coefficient (Wildman–Crippen LogP) is 1.78. The van der Waals surface area contributed by atoms with Crippen molar-refractivity contribution < 1.29 is 24.9 Å². The van der Waals surface area contributed by atoms with E-state index in [0.29, 0.717) is 18.9 Å². The third-order valence-electron chi connectivity index (χ3n) is 5.68. The van der Waals surface area contributed by atoms with Crippen molar-refractivity contribution in [2.24, 2.45) is 41.4 Å². The Morgan fingerprint density at radius 2 is 1.36 bits per heavy atom. The van der Waals surface area contributed by atoms with E-state index in [-0.39, 0.29) is 11.8 Å². The average molecular weight is 306 g/mol. The molecule has 22 heavy (non-hydrogen) atoms. The van der Waals surface area contributed by atoms with Crippen molar-refractivity contribution >= 4 is 11.9 Å². The molecule has 7 atom stereocenters. The van der Waals surface area contributed by atoms with Crippen molar-refractivity contribution in [1.82, 2.24) is 0 Å². The molecular formula is C17H22O5. The summed E-state index contributed by atoms with van der Waals surface area (Å²) >= 11 is 0. The Bertz CT molecular complexity index is 495. The zero-order valence-electron chi connectivity index (χ0n) is 12.3. The molecule has 4 aliphatic rings. The molecule has 7 unspecified atom stereocenters. The molecule has 2 fully saturated rings. The lowest BCUT2D eigenvalue weighted by Gasteiger charge is -2.20. The van der Waals surface area contributed by atoms with Crippen LogP contribution in [0.5, 0.6) is 0 Å². The van der Waals surface area contributed by atoms with E-state index in [4.69, 9.17) is 15.3 Å². The summed E-state index contributed by atoms with van der Waals surface area (Å²) in [5, 5.41) is 26.6. The number of allylic oxidation sites excluding steroid dienone is 4. The van der Waals surface area contributed by atoms with Crippen LogP contribution in [0.15, 0.2) is 24.3 Å². The summed E-state index contributed by atoms with van der Waals surface area (Å²) in [6, 6.07) is 0. The lowest BCUT2D eigenvalue weighted by Crippen LogP contribution is -2.32. The molecule has 5 heteroatoms. The minimum Gasteiger partial charge on any atom is -0.481 e. The van der Waals surface area contributed by atoms with Crippen molar-refractivity contribution in [2.45, 2.75) is 19.3 Å². The molecule has 5 nitrogen and oxygen atoms in total. The molecule has 4 aliphatic carbocycles. The summed E-state index contributed by atoms with van der Waals surface area (Å²) in [6.07, 6.45) is 11.5. The van der Waals surface area contributed by atoms with E-state index in [2.05, 4.69) is 12.2 Å². The van der Waals surface area contributed by atoms with Crippen LogP contribution < -0.4 is 0 Å². The Morgan fingerprint density at radius 1 is 0.818 bits per heavy atom. The fourth-order valence-electron chi connectivity index (χ4n) is 4.60. The molecule has 3 N–H and O–H groups in total. The molecule has 4 bridgehead atoms. The van der Waals surface area contributed by atoms with Gasteiger partial charge in [0.15, 0.2) is 0 Å². The zero-order valence-corrected chi connectivity index (χ0v) is 12.3. The van der Waals surface area contributed by atoms with E-state index < -0.39 is 23.8 Å². The van der Waals surface area contributed by atoms with E-state index in [0.717, 1.165) is 11.8 Å². The molecule has 120 valence electrons. The standard InChI is InChI=1S/C9H10O4.C8H12O/c10-8(11)6-4-1-2-5(3-4)7(6)9(12)13;9-5-8-4-6-1-2-7(8)3-6/h1-2,4-7H,3H2,(H,10,11)(H,12,13);1-2,6-9H,3-5H2. The van der Waals surface area contributed by atoms with Crippen molar-refractivity contribution in [1.29, 1.82) is 0 Å². The van der Waals surface area contributed by atoms with Crippen LogP contribution in [0, 0.1) is 41.4 Å². The lowest BCUT2D eigenvalue weighted by atomic mass is 9.83. The fraction of sp³-hybridized carbons (Fsp3) is 0.647. The maximum atomic E-state index is 10.8. The largest absolute Gasteiger partial charge is 0.481 e. The lowest BCUT2D eigenvalue weighted by molar-refractivity contribution is -0.154. The second kappa shape index (κ2) is 5.88. The molecule has 0 saturated heterocycles. The third-order valence-corrected chi connectivity index (χ3v) is 5.68. The Hall–Kier alpha value is -1.62. The van der Waals surface area contributed by atoms with Crippen LogP contribution in [0.4, 0.5) is 0 Å². The van der Waals surface area contributed by atoms with Crippen LogP contribution in [-0.4, -0.2) is 33.9 Å². The maximum Gasteiger partial charge on any atom is 0.307 e. The van der Waals surface area contributed by atoms with E-state index in [1.165, 1.54) is 12.8 Å². The highest BCUT2D eigenvalue weighted by Crippen LogP contribution is 2.48. The first-order valence-electron chi connectivity index (χ1n) is 7.94. The molecule has 0 amide bonds. The number of aliphatic hydroxyl groups excluding tert-OH is 1. The molecule has 0 aromatic rings. The molecule has 0 aliphatic heterocycles. The monoisotopic (exact) mass is 306 g/mol. The number of rotatable bonds is 3. The Kier molecular flexibility index (Phi) is 4.08. The Morgan fingerprint density at radius 3 is 1.68 bits per heavy atom. The van der Waals surface area contributed by atoms with Crippen LogP contribution >= 0.6 is 0 Å². The molecular weight excluding hydrogens is 284 g/mol. The smallest absolute Gasteiger partial charge is 0.307 e. The van der Waals surface area contributed by atoms with Gasteiger partial charge in [0.25, 0.3) is 0 Å². The number of hydrogen-bond acceptors (Lipinski definition) is 3. The van der Waals surface area contributed by atoms with Crippen LogP contribution in [0.25, 0.3) is 0 Å². The van der Waals surface area contributed by atoms with Gasteiger partial charge in [-0.2, -0.15) is 0 Å². The summed E-state index contributed by atoms with van der Waals surface area (Å²) in [5.74, 6) is -1.40. The number of carboxylic acids is 2. The summed E-state index contributed by atoms with van der Waals surface area (Å²) in [6.45, 7) is 0.394. The molecule has 0 aromatic heterocycles. The van der Waals surface area contributed by atoms with Crippen LogP contribution in [0.2, 0.25) is 0 Å². The van der Waals surface area contributed by atoms with Gasteiger partial charge >= 0.3 is 11.9 Å². The normalized spacial score (nSPS) is 43.2. The Labute approximate surface area is 129 Å². The topological polar surface area (TPSA) is 94.8 Å². The minimum absolute atomic E-state index is 0.0661. The summed E-state index contributed by atoms with van der Waals surface area (Å²) < 4.78 is 0. The summed E-state index contributed by atoms with van der Waals surface area (Å²) in [4.78, 5) is 21.6. The molecule has 0 heterocycles. The van der Waals surface area contributed by atoms with Crippen molar-refractivity contribution in [3.63, 3.8) is 0 Å². The van der Waals surface area contributed by atoms with Gasteiger partial charge in [0.05, 0.1) is 11.8 Å². The van der Waals surface area contributed by atoms with Gasteiger partial charge in [-0.15, -0.1) is 0 Å². The van der Waals surface area contributed by atoms with Crippen molar-refractivity contribution in [2.75, 3.05) is 6.61 Å². The minimum atomic E-state index is -0.982. The highest BCUT2D eigenvalue weighted by Gasteiger charge is 2.51. The second-order valence-electron chi connectivity index (χ2n) is 6.90. The van der Waals surface area contributed by atoms with Gasteiger partial charge in [-0.05, 0) is 48.9 Å². The van der Waals surface area contributed by atoms with Gasteiger partial charge in [-0.1, -0.05) is 24.3 Å². The van der Waals surface area contributed by atoms with Crippen molar-refractivity contribution in [3.8, 4) is 0 Å². The number of fused-ring (bicyclic) bond motifs is 4. The molecule has 0 aromatic carbocycles. The van der Waals surface area contributed by atoms with Gasteiger partial charge in [-0.25, -0.2) is 0 Å². The van der Waals surface area contributed by atoms with E-state index >= 15 is 0 Å². The van der Waals surface area contributed by atoms with E-state index in [1.807, 2.05) is 12.2 Å².